The van der Waals surface area contributed by atoms with Crippen LogP contribution in [0.4, 0.5) is 0 Å². The van der Waals surface area contributed by atoms with Gasteiger partial charge in [-0.15, -0.1) is 0 Å². The van der Waals surface area contributed by atoms with Crippen molar-refractivity contribution in [3.8, 4) is 0 Å². The molecule has 14 heavy (non-hydrogen) atoms. The van der Waals surface area contributed by atoms with Crippen LogP contribution in [0.15, 0.2) is 0 Å². The smallest absolute Gasteiger partial charge is 0.239 e. The van der Waals surface area contributed by atoms with E-state index in [4.69, 9.17) is 0 Å². The van der Waals surface area contributed by atoms with Gasteiger partial charge in [-0.05, 0) is 25.8 Å². The van der Waals surface area contributed by atoms with E-state index in [0.29, 0.717) is 11.3 Å². The summed E-state index contributed by atoms with van der Waals surface area (Å²) < 4.78 is 0. The van der Waals surface area contributed by atoms with Gasteiger partial charge in [-0.3, -0.25) is 4.79 Å². The molecule has 0 unspecified atom stereocenters. The lowest BCUT2D eigenvalue weighted by molar-refractivity contribution is -0.144. The van der Waals surface area contributed by atoms with Crippen molar-refractivity contribution in [3.63, 3.8) is 0 Å². The van der Waals surface area contributed by atoms with Crippen LogP contribution in [0.3, 0.4) is 0 Å². The quantitative estimate of drug-likeness (QED) is 0.714. The molecule has 1 amide bonds. The summed E-state index contributed by atoms with van der Waals surface area (Å²) in [6.07, 6.45) is 3.35. The third kappa shape index (κ3) is 1.65. The normalized spacial score (nSPS) is 30.1. The molecule has 1 N–H and O–H groups in total. The molecule has 3 heteroatoms. The van der Waals surface area contributed by atoms with Gasteiger partial charge in [0.15, 0.2) is 0 Å². The van der Waals surface area contributed by atoms with Gasteiger partial charge < -0.3 is 10.2 Å². The van der Waals surface area contributed by atoms with Crippen LogP contribution in [0.5, 0.6) is 0 Å². The van der Waals surface area contributed by atoms with E-state index in [1.807, 2.05) is 4.90 Å². The van der Waals surface area contributed by atoms with Crippen LogP contribution in [-0.2, 0) is 4.79 Å². The van der Waals surface area contributed by atoms with Crippen molar-refractivity contribution in [2.45, 2.75) is 39.2 Å². The Labute approximate surface area is 85.8 Å². The highest BCUT2D eigenvalue weighted by Gasteiger charge is 2.41. The molecule has 0 spiro atoms. The molecule has 2 aliphatic heterocycles. The summed E-state index contributed by atoms with van der Waals surface area (Å²) in [5.74, 6) is 0.327. The molecule has 2 heterocycles. The molecule has 80 valence electrons. The summed E-state index contributed by atoms with van der Waals surface area (Å²) in [7, 11) is 0. The first-order valence-electron chi connectivity index (χ1n) is 5.67. The fraction of sp³-hybridized carbons (Fsp3) is 0.909. The van der Waals surface area contributed by atoms with Crippen molar-refractivity contribution < 1.29 is 4.79 Å². The van der Waals surface area contributed by atoms with E-state index in [2.05, 4.69) is 19.2 Å². The highest BCUT2D eigenvalue weighted by Crippen LogP contribution is 2.33. The number of carbonyl (C=O) groups excluding carboxylic acids is 1. The highest BCUT2D eigenvalue weighted by atomic mass is 16.2. The first kappa shape index (κ1) is 9.97. The number of nitrogens with one attached hydrogen (secondary N) is 1. The molecular formula is C11H20N2O. The molecule has 0 aromatic heterocycles. The Kier molecular flexibility index (Phi) is 2.52. The zero-order chi connectivity index (χ0) is 10.2. The SMILES string of the molecule is CCC1(C)CN(C(=O)[C@@H]2CCCN2)C1. The molecule has 0 aromatic carbocycles. The van der Waals surface area contributed by atoms with Gasteiger partial charge in [-0.25, -0.2) is 0 Å². The van der Waals surface area contributed by atoms with Crippen molar-refractivity contribution in [2.24, 2.45) is 5.41 Å². The first-order chi connectivity index (χ1) is 6.64. The highest BCUT2D eigenvalue weighted by molar-refractivity contribution is 5.83. The maximum absolute atomic E-state index is 11.9. The van der Waals surface area contributed by atoms with E-state index in [1.165, 1.54) is 6.42 Å². The van der Waals surface area contributed by atoms with Crippen LogP contribution in [0, 0.1) is 5.41 Å². The number of nitrogens with zero attached hydrogens (tertiary/aromatic N) is 1. The summed E-state index contributed by atoms with van der Waals surface area (Å²) in [6, 6.07) is 0.122. The second-order valence-electron chi connectivity index (χ2n) is 5.01. The fourth-order valence-electron chi connectivity index (χ4n) is 2.37. The van der Waals surface area contributed by atoms with Crippen LogP contribution in [-0.4, -0.2) is 36.5 Å². The number of likely N-dealkylation sites (tertiary alicyclic amines) is 1. The van der Waals surface area contributed by atoms with E-state index < -0.39 is 0 Å². The number of carbonyl (C=O) groups is 1. The van der Waals surface area contributed by atoms with Gasteiger partial charge in [0.05, 0.1) is 6.04 Å². The Morgan fingerprint density at radius 1 is 1.57 bits per heavy atom. The van der Waals surface area contributed by atoms with Gasteiger partial charge in [0, 0.05) is 18.5 Å². The van der Waals surface area contributed by atoms with Gasteiger partial charge in [-0.2, -0.15) is 0 Å². The minimum absolute atomic E-state index is 0.122. The zero-order valence-corrected chi connectivity index (χ0v) is 9.18. The molecule has 0 radical (unpaired) electrons. The molecule has 0 saturated carbocycles. The van der Waals surface area contributed by atoms with Gasteiger partial charge in [-0.1, -0.05) is 13.8 Å². The van der Waals surface area contributed by atoms with Crippen molar-refractivity contribution >= 4 is 5.91 Å². The van der Waals surface area contributed by atoms with E-state index in [-0.39, 0.29) is 6.04 Å². The lowest BCUT2D eigenvalue weighted by Crippen LogP contribution is -2.60. The monoisotopic (exact) mass is 196 g/mol. The summed E-state index contributed by atoms with van der Waals surface area (Å²) in [5, 5.41) is 3.26. The number of rotatable bonds is 2. The third-order valence-corrected chi connectivity index (χ3v) is 3.67. The Bertz CT molecular complexity index is 227. The molecule has 2 rings (SSSR count). The number of amides is 1. The van der Waals surface area contributed by atoms with E-state index in [9.17, 15) is 4.79 Å². The maximum atomic E-state index is 11.9. The zero-order valence-electron chi connectivity index (χ0n) is 9.18. The minimum atomic E-state index is 0.122. The van der Waals surface area contributed by atoms with Gasteiger partial charge in [0.1, 0.15) is 0 Å². The fourth-order valence-corrected chi connectivity index (χ4v) is 2.37. The van der Waals surface area contributed by atoms with E-state index in [0.717, 1.165) is 32.5 Å². The van der Waals surface area contributed by atoms with Gasteiger partial charge in [0.25, 0.3) is 0 Å². The Hall–Kier alpha value is -0.570. The topological polar surface area (TPSA) is 32.3 Å². The van der Waals surface area contributed by atoms with Crippen LogP contribution >= 0.6 is 0 Å². The summed E-state index contributed by atoms with van der Waals surface area (Å²) in [5.41, 5.74) is 0.397. The van der Waals surface area contributed by atoms with Crippen LogP contribution in [0.1, 0.15) is 33.1 Å². The van der Waals surface area contributed by atoms with Crippen LogP contribution in [0.2, 0.25) is 0 Å². The van der Waals surface area contributed by atoms with Crippen LogP contribution < -0.4 is 5.32 Å². The minimum Gasteiger partial charge on any atom is -0.340 e. The van der Waals surface area contributed by atoms with Crippen molar-refractivity contribution in [2.75, 3.05) is 19.6 Å². The van der Waals surface area contributed by atoms with Crippen molar-refractivity contribution in [1.29, 1.82) is 0 Å². The summed E-state index contributed by atoms with van der Waals surface area (Å²) >= 11 is 0. The number of hydrogen-bond donors (Lipinski definition) is 1. The number of hydrogen-bond acceptors (Lipinski definition) is 2. The van der Waals surface area contributed by atoms with E-state index in [1.54, 1.807) is 0 Å². The van der Waals surface area contributed by atoms with Gasteiger partial charge in [0.2, 0.25) is 5.91 Å². The van der Waals surface area contributed by atoms with Crippen molar-refractivity contribution in [1.82, 2.24) is 10.2 Å². The van der Waals surface area contributed by atoms with Crippen LogP contribution in [0.25, 0.3) is 0 Å². The summed E-state index contributed by atoms with van der Waals surface area (Å²) in [4.78, 5) is 13.9. The molecule has 0 bridgehead atoms. The predicted octanol–water partition coefficient (Wildman–Crippen LogP) is 0.997. The van der Waals surface area contributed by atoms with Crippen molar-refractivity contribution in [3.05, 3.63) is 0 Å². The molecule has 2 aliphatic rings. The Morgan fingerprint density at radius 2 is 2.29 bits per heavy atom. The second kappa shape index (κ2) is 3.54. The largest absolute Gasteiger partial charge is 0.340 e. The lowest BCUT2D eigenvalue weighted by atomic mass is 9.79. The molecule has 0 aromatic rings. The summed E-state index contributed by atoms with van der Waals surface area (Å²) in [6.45, 7) is 7.39. The third-order valence-electron chi connectivity index (χ3n) is 3.67. The average Bonchev–Trinajstić information content (AvgIpc) is 2.64. The first-order valence-corrected chi connectivity index (χ1v) is 5.67. The molecule has 2 saturated heterocycles. The molecule has 2 fully saturated rings. The average molecular weight is 196 g/mol. The Balaban J connectivity index is 1.84. The molecular weight excluding hydrogens is 176 g/mol. The lowest BCUT2D eigenvalue weighted by Gasteiger charge is -2.48. The molecule has 0 aliphatic carbocycles. The standard InChI is InChI=1S/C11H20N2O/c1-3-11(2)7-13(8-11)10(14)9-5-4-6-12-9/h9,12H,3-8H2,1-2H3/t9-/m0/s1. The maximum Gasteiger partial charge on any atom is 0.239 e. The Morgan fingerprint density at radius 3 is 2.79 bits per heavy atom. The second-order valence-corrected chi connectivity index (χ2v) is 5.01. The predicted molar refractivity (Wildman–Crippen MR) is 56.0 cm³/mol. The van der Waals surface area contributed by atoms with E-state index >= 15 is 0 Å². The molecule has 3 nitrogen and oxygen atoms in total. The van der Waals surface area contributed by atoms with Gasteiger partial charge >= 0.3 is 0 Å². The molecule has 1 atom stereocenters.